The summed E-state index contributed by atoms with van der Waals surface area (Å²) in [5, 5.41) is 3.10. The lowest BCUT2D eigenvalue weighted by molar-refractivity contribution is -0.926. The van der Waals surface area contributed by atoms with E-state index in [-0.39, 0.29) is 29.9 Å². The smallest absolute Gasteiger partial charge is 0.251 e. The second-order valence-electron chi connectivity index (χ2n) is 10.3. The van der Waals surface area contributed by atoms with Gasteiger partial charge in [0.05, 0.1) is 26.7 Å². The Kier molecular flexibility index (Phi) is 8.52. The molecule has 0 bridgehead atoms. The third-order valence-electron chi connectivity index (χ3n) is 7.32. The summed E-state index contributed by atoms with van der Waals surface area (Å²) in [5.41, 5.74) is 7.35. The Morgan fingerprint density at radius 3 is 2.33 bits per heavy atom. The number of ether oxygens (including phenoxy) is 1. The summed E-state index contributed by atoms with van der Waals surface area (Å²) >= 11 is 0. The predicted molar refractivity (Wildman–Crippen MR) is 143 cm³/mol. The van der Waals surface area contributed by atoms with Gasteiger partial charge in [-0.25, -0.2) is 0 Å². The Bertz CT molecular complexity index is 1230. The van der Waals surface area contributed by atoms with Crippen LogP contribution in [0.3, 0.4) is 0 Å². The third kappa shape index (κ3) is 6.37. The number of anilines is 1. The molecule has 188 valence electrons. The van der Waals surface area contributed by atoms with E-state index in [0.717, 1.165) is 44.7 Å². The fourth-order valence-corrected chi connectivity index (χ4v) is 5.21. The van der Waals surface area contributed by atoms with Gasteiger partial charge in [0, 0.05) is 28.8 Å². The molecule has 2 aliphatic rings. The highest BCUT2D eigenvalue weighted by Gasteiger charge is 2.25. The largest absolute Gasteiger partial charge is 1.00 e. The lowest BCUT2D eigenvalue weighted by atomic mass is 10.00. The second-order valence-corrected chi connectivity index (χ2v) is 10.3. The van der Waals surface area contributed by atoms with Crippen molar-refractivity contribution >= 4 is 17.7 Å². The van der Waals surface area contributed by atoms with E-state index in [2.05, 4.69) is 67.8 Å². The number of nitrogens with one attached hydrogen (secondary N) is 1. The molecule has 2 heterocycles. The lowest BCUT2D eigenvalue weighted by Gasteiger charge is -2.37. The number of benzene rings is 3. The molecule has 0 atom stereocenters. The molecule has 1 amide bonds. The molecule has 1 saturated heterocycles. The van der Waals surface area contributed by atoms with Gasteiger partial charge in [-0.15, -0.1) is 0 Å². The summed E-state index contributed by atoms with van der Waals surface area (Å²) in [6, 6.07) is 23.0. The van der Waals surface area contributed by atoms with Crippen LogP contribution in [0.15, 0.2) is 72.3 Å². The number of amides is 1. The summed E-state index contributed by atoms with van der Waals surface area (Å²) in [6.45, 7) is 6.14. The monoisotopic (exact) mass is 594 g/mol. The van der Waals surface area contributed by atoms with Crippen molar-refractivity contribution in [3.8, 4) is 16.9 Å². The normalized spacial score (nSPS) is 16.4. The van der Waals surface area contributed by atoms with Crippen molar-refractivity contribution in [2.45, 2.75) is 39.2 Å². The van der Waals surface area contributed by atoms with Crippen LogP contribution in [0.25, 0.3) is 17.2 Å². The van der Waals surface area contributed by atoms with Gasteiger partial charge in [0.15, 0.2) is 0 Å². The first kappa shape index (κ1) is 26.4. The second kappa shape index (κ2) is 11.6. The van der Waals surface area contributed by atoms with E-state index in [9.17, 15) is 4.79 Å². The number of aryl methyl sites for hydroxylation is 1. The van der Waals surface area contributed by atoms with E-state index in [1.165, 1.54) is 43.5 Å². The molecule has 5 heteroatoms. The number of hydrogen-bond acceptors (Lipinski definition) is 2. The first-order valence-electron chi connectivity index (χ1n) is 12.8. The maximum Gasteiger partial charge on any atom is 0.251 e. The number of fused-ring (bicyclic) bond motifs is 1. The Morgan fingerprint density at radius 1 is 0.917 bits per heavy atom. The number of rotatable bonds is 5. The molecule has 0 radical (unpaired) electrons. The van der Waals surface area contributed by atoms with Gasteiger partial charge in [-0.05, 0) is 67.7 Å². The molecular formula is C31H35IN2O2. The minimum Gasteiger partial charge on any atom is -1.00 e. The summed E-state index contributed by atoms with van der Waals surface area (Å²) in [5.74, 6) is 0.757. The van der Waals surface area contributed by atoms with Crippen LogP contribution in [-0.2, 0) is 11.3 Å². The van der Waals surface area contributed by atoms with Crippen LogP contribution in [0.2, 0.25) is 0 Å². The number of nitrogens with zero attached hydrogens (tertiary/aromatic N) is 1. The molecule has 0 aromatic heterocycles. The molecular weight excluding hydrogens is 559 g/mol. The number of hydrogen-bond donors (Lipinski definition) is 1. The zero-order chi connectivity index (χ0) is 24.3. The van der Waals surface area contributed by atoms with E-state index < -0.39 is 0 Å². The van der Waals surface area contributed by atoms with Gasteiger partial charge in [-0.1, -0.05) is 48.0 Å². The van der Waals surface area contributed by atoms with Gasteiger partial charge in [0.25, 0.3) is 5.91 Å². The highest BCUT2D eigenvalue weighted by Crippen LogP contribution is 2.31. The van der Waals surface area contributed by atoms with Crippen LogP contribution >= 0.6 is 0 Å². The van der Waals surface area contributed by atoms with Gasteiger partial charge in [0.1, 0.15) is 12.3 Å². The number of piperidine rings is 1. The van der Waals surface area contributed by atoms with E-state index in [1.54, 1.807) is 0 Å². The number of likely N-dealkylation sites (tertiary alicyclic amines) is 1. The molecule has 2 aliphatic heterocycles. The van der Waals surface area contributed by atoms with E-state index in [1.807, 2.05) is 24.3 Å². The fraction of sp³-hybridized carbons (Fsp3) is 0.323. The van der Waals surface area contributed by atoms with Crippen molar-refractivity contribution in [3.63, 3.8) is 0 Å². The lowest BCUT2D eigenvalue weighted by Crippen LogP contribution is -3.00. The van der Waals surface area contributed by atoms with Gasteiger partial charge in [-0.2, -0.15) is 0 Å². The average molecular weight is 595 g/mol. The maximum atomic E-state index is 13.1. The number of carbonyl (C=O) groups is 1. The van der Waals surface area contributed by atoms with Crippen molar-refractivity contribution in [1.82, 2.24) is 0 Å². The molecule has 36 heavy (non-hydrogen) atoms. The van der Waals surface area contributed by atoms with E-state index in [4.69, 9.17) is 4.74 Å². The highest BCUT2D eigenvalue weighted by atomic mass is 127. The van der Waals surface area contributed by atoms with Crippen LogP contribution < -0.4 is 34.0 Å². The molecule has 5 rings (SSSR count). The Morgan fingerprint density at radius 2 is 1.61 bits per heavy atom. The van der Waals surface area contributed by atoms with Gasteiger partial charge in [-0.3, -0.25) is 4.79 Å². The Balaban J connectivity index is 0.00000304. The highest BCUT2D eigenvalue weighted by molar-refractivity contribution is 6.07. The van der Waals surface area contributed by atoms with Crippen LogP contribution in [0, 0.1) is 6.92 Å². The molecule has 3 aromatic rings. The molecule has 0 spiro atoms. The van der Waals surface area contributed by atoms with Crippen LogP contribution in [-0.4, -0.2) is 37.1 Å². The molecule has 0 saturated carbocycles. The zero-order valence-corrected chi connectivity index (χ0v) is 23.4. The van der Waals surface area contributed by atoms with Crippen molar-refractivity contribution in [3.05, 3.63) is 89.0 Å². The van der Waals surface area contributed by atoms with Crippen LogP contribution in [0.5, 0.6) is 5.75 Å². The van der Waals surface area contributed by atoms with Crippen LogP contribution in [0.4, 0.5) is 5.69 Å². The van der Waals surface area contributed by atoms with Crippen molar-refractivity contribution < 1.29 is 38.0 Å². The standard InChI is InChI=1S/C31H34N2O2.HI/c1-23-6-10-25(11-7-23)26-12-15-30-28(20-26)21-27(16-19-35-30)31(34)32-29-13-8-24(9-14-29)22-33(2)17-4-3-5-18-33;/h6-15,20-21H,3-5,16-19,22H2,1-2H3;1H. The SMILES string of the molecule is Cc1ccc(-c2ccc3c(c2)C=C(C(=O)Nc2ccc(C[N+]4(C)CCCCC4)cc2)CCO3)cc1.[I-]. The van der Waals surface area contributed by atoms with Crippen molar-refractivity contribution in [2.75, 3.05) is 32.1 Å². The van der Waals surface area contributed by atoms with E-state index in [0.29, 0.717) is 13.0 Å². The molecule has 3 aromatic carbocycles. The van der Waals surface area contributed by atoms with Gasteiger partial charge in [0.2, 0.25) is 0 Å². The minimum absolute atomic E-state index is 0. The molecule has 0 unspecified atom stereocenters. The third-order valence-corrected chi connectivity index (χ3v) is 7.32. The number of carbonyl (C=O) groups excluding carboxylic acids is 1. The van der Waals surface area contributed by atoms with Gasteiger partial charge < -0.3 is 38.5 Å². The zero-order valence-electron chi connectivity index (χ0n) is 21.2. The Hall–Kier alpha value is -2.64. The number of halogens is 1. The molecule has 4 nitrogen and oxygen atoms in total. The first-order chi connectivity index (χ1) is 17.0. The summed E-state index contributed by atoms with van der Waals surface area (Å²) in [4.78, 5) is 13.1. The first-order valence-corrected chi connectivity index (χ1v) is 12.8. The molecule has 1 N–H and O–H groups in total. The predicted octanol–water partition coefficient (Wildman–Crippen LogP) is 3.60. The van der Waals surface area contributed by atoms with Gasteiger partial charge >= 0.3 is 0 Å². The maximum absolute atomic E-state index is 13.1. The average Bonchev–Trinajstić information content (AvgIpc) is 3.08. The summed E-state index contributed by atoms with van der Waals surface area (Å²) < 4.78 is 7.07. The summed E-state index contributed by atoms with van der Waals surface area (Å²) in [6.07, 6.45) is 6.55. The van der Waals surface area contributed by atoms with E-state index >= 15 is 0 Å². The quantitative estimate of drug-likeness (QED) is 0.363. The topological polar surface area (TPSA) is 38.3 Å². The fourth-order valence-electron chi connectivity index (χ4n) is 5.21. The van der Waals surface area contributed by atoms with Crippen LogP contribution in [0.1, 0.15) is 42.4 Å². The molecule has 1 fully saturated rings. The minimum atomic E-state index is -0.0648. The number of quaternary nitrogens is 1. The molecule has 0 aliphatic carbocycles. The summed E-state index contributed by atoms with van der Waals surface area (Å²) in [7, 11) is 2.36. The Labute approximate surface area is 232 Å². The van der Waals surface area contributed by atoms with Crippen molar-refractivity contribution in [2.24, 2.45) is 0 Å². The van der Waals surface area contributed by atoms with Crippen molar-refractivity contribution in [1.29, 1.82) is 0 Å².